The number of urea groups is 1. The molecular weight excluding hydrogens is 531 g/mol. The van der Waals surface area contributed by atoms with Crippen LogP contribution in [0.1, 0.15) is 45.0 Å². The number of unbranched alkanes of at least 4 members (excludes halogenated alkanes) is 2. The van der Waals surface area contributed by atoms with Crippen LogP contribution in [0.5, 0.6) is 0 Å². The molecular formula is C28H27Cl3N4O2. The van der Waals surface area contributed by atoms with Gasteiger partial charge in [-0.05, 0) is 61.9 Å². The number of nitrogens with zero attached hydrogens (tertiary/aromatic N) is 3. The van der Waals surface area contributed by atoms with E-state index < -0.39 is 6.04 Å². The van der Waals surface area contributed by atoms with Gasteiger partial charge in [0, 0.05) is 11.6 Å². The monoisotopic (exact) mass is 556 g/mol. The lowest BCUT2D eigenvalue weighted by Crippen LogP contribution is -2.40. The van der Waals surface area contributed by atoms with E-state index in [1.807, 2.05) is 13.0 Å². The quantitative estimate of drug-likeness (QED) is 0.222. The van der Waals surface area contributed by atoms with Gasteiger partial charge in [-0.2, -0.15) is 0 Å². The second kappa shape index (κ2) is 12.0. The summed E-state index contributed by atoms with van der Waals surface area (Å²) in [6.07, 6.45) is 2.73. The van der Waals surface area contributed by atoms with Crippen molar-refractivity contribution < 1.29 is 4.79 Å². The Hall–Kier alpha value is -3.06. The van der Waals surface area contributed by atoms with Crippen molar-refractivity contribution in [2.45, 2.75) is 39.2 Å². The summed E-state index contributed by atoms with van der Waals surface area (Å²) in [7, 11) is 0. The van der Waals surface area contributed by atoms with Gasteiger partial charge in [0.05, 0.1) is 38.4 Å². The summed E-state index contributed by atoms with van der Waals surface area (Å²) in [5, 5.41) is 4.54. The van der Waals surface area contributed by atoms with E-state index in [4.69, 9.17) is 39.8 Å². The molecule has 192 valence electrons. The van der Waals surface area contributed by atoms with Crippen LogP contribution >= 0.6 is 34.8 Å². The summed E-state index contributed by atoms with van der Waals surface area (Å²) in [4.78, 5) is 33.9. The highest BCUT2D eigenvalue weighted by atomic mass is 35.5. The summed E-state index contributed by atoms with van der Waals surface area (Å²) in [5.74, 6) is 0.440. The van der Waals surface area contributed by atoms with E-state index in [0.717, 1.165) is 19.3 Å². The van der Waals surface area contributed by atoms with Gasteiger partial charge in [0.15, 0.2) is 0 Å². The lowest BCUT2D eigenvalue weighted by Gasteiger charge is -2.31. The van der Waals surface area contributed by atoms with Crippen LogP contribution in [0.25, 0.3) is 16.6 Å². The molecule has 0 spiro atoms. The maximum Gasteiger partial charge on any atom is 0.322 e. The van der Waals surface area contributed by atoms with Crippen molar-refractivity contribution in [1.82, 2.24) is 14.5 Å². The van der Waals surface area contributed by atoms with E-state index in [-0.39, 0.29) is 16.6 Å². The zero-order chi connectivity index (χ0) is 26.5. The third-order valence-corrected chi connectivity index (χ3v) is 7.26. The lowest BCUT2D eigenvalue weighted by atomic mass is 10.1. The summed E-state index contributed by atoms with van der Waals surface area (Å²) in [6, 6.07) is 18.3. The second-order valence-electron chi connectivity index (χ2n) is 8.71. The van der Waals surface area contributed by atoms with Crippen LogP contribution in [0.4, 0.5) is 10.5 Å². The summed E-state index contributed by atoms with van der Waals surface area (Å²) >= 11 is 18.6. The van der Waals surface area contributed by atoms with Gasteiger partial charge in [-0.3, -0.25) is 9.36 Å². The topological polar surface area (TPSA) is 67.2 Å². The van der Waals surface area contributed by atoms with Crippen LogP contribution in [0.2, 0.25) is 15.1 Å². The number of carbonyl (C=O) groups is 1. The standard InChI is InChI=1S/C28H27Cl3N4O2/c1-3-4-7-17-34(28(37)33-24-12-8-10-22(30)25(24)31)18(2)26-32-23-11-6-5-9-21(23)27(36)35(26)20-15-13-19(29)14-16-20/h5-6,8-16,18H,3-4,7,17H2,1-2H3,(H,33,37). The van der Waals surface area contributed by atoms with Crippen LogP contribution < -0.4 is 10.9 Å². The van der Waals surface area contributed by atoms with Gasteiger partial charge >= 0.3 is 6.03 Å². The number of halogens is 3. The fraction of sp³-hybridized carbons (Fsp3) is 0.250. The van der Waals surface area contributed by atoms with Crippen molar-refractivity contribution in [3.8, 4) is 5.69 Å². The molecule has 9 heteroatoms. The summed E-state index contributed by atoms with van der Waals surface area (Å²) in [5.41, 5.74) is 1.36. The van der Waals surface area contributed by atoms with Gasteiger partial charge in [0.25, 0.3) is 5.56 Å². The molecule has 37 heavy (non-hydrogen) atoms. The predicted octanol–water partition coefficient (Wildman–Crippen LogP) is 8.13. The molecule has 0 bridgehead atoms. The Morgan fingerprint density at radius 2 is 1.73 bits per heavy atom. The van der Waals surface area contributed by atoms with Crippen molar-refractivity contribution in [2.75, 3.05) is 11.9 Å². The van der Waals surface area contributed by atoms with Crippen molar-refractivity contribution in [2.24, 2.45) is 0 Å². The Labute approximate surface area is 230 Å². The molecule has 0 saturated carbocycles. The van der Waals surface area contributed by atoms with Crippen LogP contribution in [0.3, 0.4) is 0 Å². The van der Waals surface area contributed by atoms with Crippen LogP contribution in [0, 0.1) is 0 Å². The Kier molecular flexibility index (Phi) is 8.75. The minimum Gasteiger partial charge on any atom is -0.315 e. The molecule has 1 heterocycles. The van der Waals surface area contributed by atoms with Gasteiger partial charge in [0.2, 0.25) is 0 Å². The van der Waals surface area contributed by atoms with Gasteiger partial charge in [0.1, 0.15) is 5.82 Å². The highest BCUT2D eigenvalue weighted by Crippen LogP contribution is 2.31. The van der Waals surface area contributed by atoms with Crippen LogP contribution in [-0.2, 0) is 0 Å². The molecule has 1 aromatic heterocycles. The van der Waals surface area contributed by atoms with Crippen molar-refractivity contribution >= 4 is 57.4 Å². The van der Waals surface area contributed by atoms with Gasteiger partial charge in [-0.1, -0.05) is 72.8 Å². The van der Waals surface area contributed by atoms with E-state index in [2.05, 4.69) is 12.2 Å². The Morgan fingerprint density at radius 1 is 1.00 bits per heavy atom. The first kappa shape index (κ1) is 27.0. The molecule has 6 nitrogen and oxygen atoms in total. The fourth-order valence-corrected chi connectivity index (χ4v) is 4.67. The summed E-state index contributed by atoms with van der Waals surface area (Å²) in [6.45, 7) is 4.43. The first-order valence-corrected chi connectivity index (χ1v) is 13.2. The average Bonchev–Trinajstić information content (AvgIpc) is 2.89. The molecule has 0 fully saturated rings. The molecule has 3 aromatic carbocycles. The zero-order valence-electron chi connectivity index (χ0n) is 20.5. The van der Waals surface area contributed by atoms with E-state index in [0.29, 0.717) is 44.7 Å². The zero-order valence-corrected chi connectivity index (χ0v) is 22.8. The molecule has 4 rings (SSSR count). The molecule has 1 atom stereocenters. The van der Waals surface area contributed by atoms with Gasteiger partial charge in [-0.25, -0.2) is 9.78 Å². The smallest absolute Gasteiger partial charge is 0.315 e. The molecule has 0 aliphatic carbocycles. The van der Waals surface area contributed by atoms with Crippen molar-refractivity contribution in [1.29, 1.82) is 0 Å². The maximum atomic E-state index is 13.7. The molecule has 0 aliphatic heterocycles. The largest absolute Gasteiger partial charge is 0.322 e. The van der Waals surface area contributed by atoms with Crippen molar-refractivity contribution in [3.05, 3.63) is 98.0 Å². The highest BCUT2D eigenvalue weighted by molar-refractivity contribution is 6.44. The van der Waals surface area contributed by atoms with Crippen LogP contribution in [0.15, 0.2) is 71.5 Å². The molecule has 4 aromatic rings. The fourth-order valence-electron chi connectivity index (χ4n) is 4.20. The number of rotatable bonds is 8. The molecule has 0 radical (unpaired) electrons. The Bertz CT molecular complexity index is 1470. The maximum absolute atomic E-state index is 13.7. The number of hydrogen-bond acceptors (Lipinski definition) is 3. The number of aromatic nitrogens is 2. The van der Waals surface area contributed by atoms with E-state index >= 15 is 0 Å². The number of nitrogens with one attached hydrogen (secondary N) is 1. The Balaban J connectivity index is 1.82. The minimum absolute atomic E-state index is 0.221. The van der Waals surface area contributed by atoms with E-state index in [9.17, 15) is 9.59 Å². The molecule has 0 saturated heterocycles. The van der Waals surface area contributed by atoms with Gasteiger partial charge in [-0.15, -0.1) is 0 Å². The van der Waals surface area contributed by atoms with Crippen LogP contribution in [-0.4, -0.2) is 27.0 Å². The molecule has 0 aliphatic rings. The van der Waals surface area contributed by atoms with Gasteiger partial charge < -0.3 is 10.2 Å². The van der Waals surface area contributed by atoms with Crippen molar-refractivity contribution in [3.63, 3.8) is 0 Å². The number of amides is 2. The van der Waals surface area contributed by atoms with E-state index in [1.54, 1.807) is 70.1 Å². The first-order chi connectivity index (χ1) is 17.8. The number of benzene rings is 3. The highest BCUT2D eigenvalue weighted by Gasteiger charge is 2.27. The number of anilines is 1. The minimum atomic E-state index is -0.553. The number of fused-ring (bicyclic) bond motifs is 1. The lowest BCUT2D eigenvalue weighted by molar-refractivity contribution is 0.187. The SMILES string of the molecule is CCCCCN(C(=O)Nc1cccc(Cl)c1Cl)C(C)c1nc2ccccc2c(=O)n1-c1ccc(Cl)cc1. The summed E-state index contributed by atoms with van der Waals surface area (Å²) < 4.78 is 1.55. The molecule has 1 N–H and O–H groups in total. The number of carbonyl (C=O) groups excluding carboxylic acids is 1. The number of para-hydroxylation sites is 1. The average molecular weight is 558 g/mol. The first-order valence-electron chi connectivity index (χ1n) is 12.1. The normalized spacial score (nSPS) is 11.9. The predicted molar refractivity (Wildman–Crippen MR) is 152 cm³/mol. The molecule has 1 unspecified atom stereocenters. The number of hydrogen-bond donors (Lipinski definition) is 1. The Morgan fingerprint density at radius 3 is 2.46 bits per heavy atom. The molecule has 2 amide bonds. The second-order valence-corrected chi connectivity index (χ2v) is 9.93. The van der Waals surface area contributed by atoms with E-state index in [1.165, 1.54) is 0 Å². The third kappa shape index (κ3) is 5.93. The third-order valence-electron chi connectivity index (χ3n) is 6.18.